The number of aliphatic imine (C=N–C) groups is 1. The van der Waals surface area contributed by atoms with Crippen LogP contribution >= 0.6 is 11.3 Å². The lowest BCUT2D eigenvalue weighted by molar-refractivity contribution is 0.252. The van der Waals surface area contributed by atoms with Gasteiger partial charge >= 0.3 is 0 Å². The molecule has 0 spiro atoms. The third-order valence-electron chi connectivity index (χ3n) is 5.67. The topological polar surface area (TPSA) is 42.9 Å². The Balaban J connectivity index is 1.42. The summed E-state index contributed by atoms with van der Waals surface area (Å²) >= 11 is 1.84. The molecule has 1 saturated carbocycles. The third kappa shape index (κ3) is 5.61. The van der Waals surface area contributed by atoms with Crippen LogP contribution in [0.2, 0.25) is 0 Å². The molecule has 2 fully saturated rings. The van der Waals surface area contributed by atoms with Gasteiger partial charge < -0.3 is 20.4 Å². The molecule has 6 heteroatoms. The van der Waals surface area contributed by atoms with Crippen LogP contribution in [0.4, 0.5) is 5.00 Å². The quantitative estimate of drug-likeness (QED) is 0.566. The Morgan fingerprint density at radius 3 is 2.69 bits per heavy atom. The summed E-state index contributed by atoms with van der Waals surface area (Å²) in [6.45, 7) is 7.23. The zero-order valence-corrected chi connectivity index (χ0v) is 17.2. The first-order chi connectivity index (χ1) is 12.8. The molecule has 0 bridgehead atoms. The van der Waals surface area contributed by atoms with Gasteiger partial charge in [-0.1, -0.05) is 12.8 Å². The summed E-state index contributed by atoms with van der Waals surface area (Å²) in [5, 5.41) is 10.7. The van der Waals surface area contributed by atoms with Crippen molar-refractivity contribution < 1.29 is 0 Å². The molecule has 1 aliphatic heterocycles. The van der Waals surface area contributed by atoms with E-state index < -0.39 is 0 Å². The van der Waals surface area contributed by atoms with Crippen molar-refractivity contribution in [1.82, 2.24) is 15.5 Å². The number of rotatable bonds is 7. The standard InChI is InChI=1S/C20H35N5S/c1-3-21-20(22-12-15-24(2)18-7-4-5-8-18)23-17-10-13-25(14-11-17)19-9-6-16-26-19/h6,9,16-18H,3-5,7-8,10-15H2,1-2H3,(H2,21,22,23). The monoisotopic (exact) mass is 377 g/mol. The molecular formula is C20H35N5S. The lowest BCUT2D eigenvalue weighted by atomic mass is 10.1. The fourth-order valence-electron chi connectivity index (χ4n) is 4.05. The van der Waals surface area contributed by atoms with Crippen LogP contribution < -0.4 is 15.5 Å². The largest absolute Gasteiger partial charge is 0.363 e. The number of hydrogen-bond acceptors (Lipinski definition) is 4. The number of nitrogens with one attached hydrogen (secondary N) is 2. The van der Waals surface area contributed by atoms with Gasteiger partial charge in [-0.05, 0) is 57.2 Å². The molecule has 3 rings (SSSR count). The van der Waals surface area contributed by atoms with E-state index in [1.54, 1.807) is 0 Å². The number of anilines is 1. The number of guanidine groups is 1. The predicted molar refractivity (Wildman–Crippen MR) is 114 cm³/mol. The van der Waals surface area contributed by atoms with E-state index in [2.05, 4.69) is 51.9 Å². The van der Waals surface area contributed by atoms with Crippen LogP contribution in [-0.4, -0.2) is 62.7 Å². The molecule has 2 aliphatic rings. The molecule has 2 heterocycles. The van der Waals surface area contributed by atoms with Gasteiger partial charge in [0.25, 0.3) is 0 Å². The van der Waals surface area contributed by atoms with E-state index in [1.165, 1.54) is 43.5 Å². The Morgan fingerprint density at radius 1 is 1.27 bits per heavy atom. The highest BCUT2D eigenvalue weighted by molar-refractivity contribution is 7.14. The zero-order chi connectivity index (χ0) is 18.2. The number of thiophene rings is 1. The molecule has 146 valence electrons. The molecule has 1 aromatic heterocycles. The maximum Gasteiger partial charge on any atom is 0.191 e. The van der Waals surface area contributed by atoms with Gasteiger partial charge in [-0.3, -0.25) is 4.99 Å². The Hall–Kier alpha value is -1.27. The molecular weight excluding hydrogens is 342 g/mol. The smallest absolute Gasteiger partial charge is 0.191 e. The molecule has 1 aromatic rings. The van der Waals surface area contributed by atoms with Crippen molar-refractivity contribution in [2.24, 2.45) is 4.99 Å². The van der Waals surface area contributed by atoms with Crippen LogP contribution in [0.25, 0.3) is 0 Å². The number of nitrogens with zero attached hydrogens (tertiary/aromatic N) is 3. The van der Waals surface area contributed by atoms with E-state index in [-0.39, 0.29) is 0 Å². The van der Waals surface area contributed by atoms with Crippen LogP contribution in [0.15, 0.2) is 22.5 Å². The lowest BCUT2D eigenvalue weighted by Crippen LogP contribution is -2.48. The third-order valence-corrected chi connectivity index (χ3v) is 6.60. The van der Waals surface area contributed by atoms with Crippen molar-refractivity contribution in [2.75, 3.05) is 44.7 Å². The molecule has 0 amide bonds. The van der Waals surface area contributed by atoms with Gasteiger partial charge in [0, 0.05) is 38.3 Å². The number of hydrogen-bond donors (Lipinski definition) is 2. The maximum atomic E-state index is 4.83. The fraction of sp³-hybridized carbons (Fsp3) is 0.750. The molecule has 0 aromatic carbocycles. The van der Waals surface area contributed by atoms with E-state index in [0.717, 1.165) is 44.7 Å². The van der Waals surface area contributed by atoms with E-state index in [1.807, 2.05) is 11.3 Å². The van der Waals surface area contributed by atoms with Crippen molar-refractivity contribution in [1.29, 1.82) is 0 Å². The molecule has 0 atom stereocenters. The SMILES string of the molecule is CCNC(=NCCN(C)C1CCCC1)NC1CCN(c2cccs2)CC1. The van der Waals surface area contributed by atoms with Crippen molar-refractivity contribution in [3.8, 4) is 0 Å². The highest BCUT2D eigenvalue weighted by Gasteiger charge is 2.21. The van der Waals surface area contributed by atoms with Crippen LogP contribution in [0, 0.1) is 0 Å². The second kappa shape index (κ2) is 10.2. The van der Waals surface area contributed by atoms with Gasteiger partial charge in [0.2, 0.25) is 0 Å². The van der Waals surface area contributed by atoms with Gasteiger partial charge in [0.15, 0.2) is 5.96 Å². The first-order valence-electron chi connectivity index (χ1n) is 10.3. The zero-order valence-electron chi connectivity index (χ0n) is 16.4. The maximum absolute atomic E-state index is 4.83. The first kappa shape index (κ1) is 19.5. The van der Waals surface area contributed by atoms with Gasteiger partial charge in [-0.15, -0.1) is 11.3 Å². The van der Waals surface area contributed by atoms with E-state index in [9.17, 15) is 0 Å². The molecule has 26 heavy (non-hydrogen) atoms. The van der Waals surface area contributed by atoms with Crippen molar-refractivity contribution >= 4 is 22.3 Å². The van der Waals surface area contributed by atoms with Crippen molar-refractivity contribution in [3.63, 3.8) is 0 Å². The molecule has 0 radical (unpaired) electrons. The van der Waals surface area contributed by atoms with Crippen LogP contribution in [0.3, 0.4) is 0 Å². The molecule has 2 N–H and O–H groups in total. The fourth-order valence-corrected chi connectivity index (χ4v) is 4.84. The van der Waals surface area contributed by atoms with Crippen LogP contribution in [0.1, 0.15) is 45.4 Å². The highest BCUT2D eigenvalue weighted by atomic mass is 32.1. The minimum absolute atomic E-state index is 0.525. The summed E-state index contributed by atoms with van der Waals surface area (Å²) in [5.41, 5.74) is 0. The first-order valence-corrected chi connectivity index (χ1v) is 11.2. The van der Waals surface area contributed by atoms with Gasteiger partial charge in [-0.2, -0.15) is 0 Å². The Bertz CT molecular complexity index is 530. The molecule has 5 nitrogen and oxygen atoms in total. The van der Waals surface area contributed by atoms with Crippen molar-refractivity contribution in [2.45, 2.75) is 57.5 Å². The van der Waals surface area contributed by atoms with E-state index >= 15 is 0 Å². The summed E-state index contributed by atoms with van der Waals surface area (Å²) in [6, 6.07) is 5.67. The summed E-state index contributed by atoms with van der Waals surface area (Å²) in [5.74, 6) is 0.988. The molecule has 1 aliphatic carbocycles. The van der Waals surface area contributed by atoms with Gasteiger partial charge in [0.1, 0.15) is 0 Å². The van der Waals surface area contributed by atoms with Gasteiger partial charge in [0.05, 0.1) is 11.5 Å². The molecule has 0 unspecified atom stereocenters. The summed E-state index contributed by atoms with van der Waals surface area (Å²) in [7, 11) is 2.26. The molecule has 1 saturated heterocycles. The Morgan fingerprint density at radius 2 is 2.04 bits per heavy atom. The van der Waals surface area contributed by atoms with E-state index in [4.69, 9.17) is 4.99 Å². The van der Waals surface area contributed by atoms with Crippen molar-refractivity contribution in [3.05, 3.63) is 17.5 Å². The average Bonchev–Trinajstić information content (AvgIpc) is 3.36. The second-order valence-electron chi connectivity index (χ2n) is 7.54. The number of piperidine rings is 1. The minimum atomic E-state index is 0.525. The minimum Gasteiger partial charge on any atom is -0.363 e. The van der Waals surface area contributed by atoms with Crippen LogP contribution in [-0.2, 0) is 0 Å². The average molecular weight is 378 g/mol. The Kier molecular flexibility index (Phi) is 7.62. The summed E-state index contributed by atoms with van der Waals surface area (Å²) < 4.78 is 0. The van der Waals surface area contributed by atoms with Crippen LogP contribution in [0.5, 0.6) is 0 Å². The number of likely N-dealkylation sites (N-methyl/N-ethyl adjacent to an activating group) is 1. The van der Waals surface area contributed by atoms with E-state index in [0.29, 0.717) is 6.04 Å². The summed E-state index contributed by atoms with van der Waals surface area (Å²) in [4.78, 5) is 9.83. The predicted octanol–water partition coefficient (Wildman–Crippen LogP) is 3.15. The lowest BCUT2D eigenvalue weighted by Gasteiger charge is -2.33. The second-order valence-corrected chi connectivity index (χ2v) is 8.46. The van der Waals surface area contributed by atoms with Gasteiger partial charge in [-0.25, -0.2) is 0 Å². The summed E-state index contributed by atoms with van der Waals surface area (Å²) in [6.07, 6.45) is 7.86. The normalized spacial score (nSPS) is 20.1. The highest BCUT2D eigenvalue weighted by Crippen LogP contribution is 2.25. The Labute approximate surface area is 162 Å².